The van der Waals surface area contributed by atoms with Crippen LogP contribution in [-0.2, 0) is 0 Å². The molecule has 0 saturated heterocycles. The van der Waals surface area contributed by atoms with Gasteiger partial charge in [0.2, 0.25) is 5.95 Å². The molecule has 0 radical (unpaired) electrons. The minimum Gasteiger partial charge on any atom is -0.369 e. The third-order valence-electron chi connectivity index (χ3n) is 2.35. The number of imidazole rings is 1. The van der Waals surface area contributed by atoms with Crippen molar-refractivity contribution < 1.29 is 0 Å². The Kier molecular flexibility index (Phi) is 2.00. The average molecular weight is 187 g/mol. The quantitative estimate of drug-likeness (QED) is 0.742. The van der Waals surface area contributed by atoms with Gasteiger partial charge in [-0.25, -0.2) is 4.98 Å². The molecule has 1 aromatic heterocycles. The minimum absolute atomic E-state index is 0.530. The highest BCUT2D eigenvalue weighted by Crippen LogP contribution is 2.20. The topological polar surface area (TPSA) is 43.8 Å². The van der Waals surface area contributed by atoms with Crippen LogP contribution >= 0.6 is 0 Å². The lowest BCUT2D eigenvalue weighted by atomic mass is 10.1. The van der Waals surface area contributed by atoms with Crippen LogP contribution in [0, 0.1) is 13.8 Å². The smallest absolute Gasteiger partial charge is 0.204 e. The lowest BCUT2D eigenvalue weighted by Crippen LogP contribution is -2.03. The second-order valence-corrected chi connectivity index (χ2v) is 3.40. The van der Waals surface area contributed by atoms with E-state index in [1.807, 2.05) is 16.8 Å². The Labute approximate surface area is 83.2 Å². The molecule has 0 saturated carbocycles. The van der Waals surface area contributed by atoms with E-state index >= 15 is 0 Å². The van der Waals surface area contributed by atoms with E-state index in [0.29, 0.717) is 5.95 Å². The fraction of sp³-hybridized carbons (Fsp3) is 0.182. The second-order valence-electron chi connectivity index (χ2n) is 3.40. The van der Waals surface area contributed by atoms with Gasteiger partial charge in [0.05, 0.1) is 5.69 Å². The summed E-state index contributed by atoms with van der Waals surface area (Å²) in [6.45, 7) is 4.14. The summed E-state index contributed by atoms with van der Waals surface area (Å²) in [4.78, 5) is 4.02. The van der Waals surface area contributed by atoms with Crippen molar-refractivity contribution in [1.82, 2.24) is 9.55 Å². The van der Waals surface area contributed by atoms with Gasteiger partial charge in [0.15, 0.2) is 0 Å². The van der Waals surface area contributed by atoms with E-state index in [-0.39, 0.29) is 0 Å². The third-order valence-corrected chi connectivity index (χ3v) is 2.35. The summed E-state index contributed by atoms with van der Waals surface area (Å²) in [6, 6.07) is 6.19. The predicted octanol–water partition coefficient (Wildman–Crippen LogP) is 2.07. The molecule has 2 N–H and O–H groups in total. The van der Waals surface area contributed by atoms with Crippen molar-refractivity contribution in [2.75, 3.05) is 5.73 Å². The summed E-state index contributed by atoms with van der Waals surface area (Å²) >= 11 is 0. The van der Waals surface area contributed by atoms with E-state index in [1.165, 1.54) is 11.1 Å². The summed E-state index contributed by atoms with van der Waals surface area (Å²) in [7, 11) is 0. The monoisotopic (exact) mass is 187 g/mol. The van der Waals surface area contributed by atoms with Gasteiger partial charge in [0.1, 0.15) is 0 Å². The van der Waals surface area contributed by atoms with E-state index in [0.717, 1.165) is 5.69 Å². The number of anilines is 1. The molecule has 1 aromatic carbocycles. The van der Waals surface area contributed by atoms with Crippen molar-refractivity contribution in [2.45, 2.75) is 13.8 Å². The van der Waals surface area contributed by atoms with Crippen LogP contribution in [0.15, 0.2) is 30.6 Å². The zero-order chi connectivity index (χ0) is 10.1. The van der Waals surface area contributed by atoms with Gasteiger partial charge in [-0.05, 0) is 25.0 Å². The number of hydrogen-bond acceptors (Lipinski definition) is 2. The van der Waals surface area contributed by atoms with Crippen molar-refractivity contribution in [3.05, 3.63) is 41.7 Å². The minimum atomic E-state index is 0.530. The van der Waals surface area contributed by atoms with Gasteiger partial charge in [0.25, 0.3) is 0 Å². The third kappa shape index (κ3) is 1.27. The highest BCUT2D eigenvalue weighted by molar-refractivity contribution is 5.50. The molecule has 0 bridgehead atoms. The van der Waals surface area contributed by atoms with Crippen molar-refractivity contribution in [3.8, 4) is 5.69 Å². The summed E-state index contributed by atoms with van der Waals surface area (Å²) in [5.41, 5.74) is 9.30. The fourth-order valence-electron chi connectivity index (χ4n) is 1.69. The van der Waals surface area contributed by atoms with Gasteiger partial charge in [-0.3, -0.25) is 4.57 Å². The standard InChI is InChI=1S/C11H13N3/c1-8-4-3-5-9(2)10(8)14-7-6-13-11(14)12/h3-7H,1-2H3,(H2,12,13). The van der Waals surface area contributed by atoms with Crippen LogP contribution in [-0.4, -0.2) is 9.55 Å². The van der Waals surface area contributed by atoms with Crippen molar-refractivity contribution in [3.63, 3.8) is 0 Å². The Bertz CT molecular complexity index is 437. The molecule has 2 rings (SSSR count). The van der Waals surface area contributed by atoms with Gasteiger partial charge < -0.3 is 5.73 Å². The number of nitrogens with zero attached hydrogens (tertiary/aromatic N) is 2. The molecule has 72 valence electrons. The van der Waals surface area contributed by atoms with E-state index < -0.39 is 0 Å². The number of benzene rings is 1. The maximum Gasteiger partial charge on any atom is 0.204 e. The number of para-hydroxylation sites is 1. The molecule has 0 unspecified atom stereocenters. The zero-order valence-corrected chi connectivity index (χ0v) is 8.36. The maximum absolute atomic E-state index is 5.76. The molecule has 0 amide bonds. The molecule has 0 atom stereocenters. The molecule has 14 heavy (non-hydrogen) atoms. The second kappa shape index (κ2) is 3.18. The van der Waals surface area contributed by atoms with E-state index in [2.05, 4.69) is 31.0 Å². The first-order valence-corrected chi connectivity index (χ1v) is 4.55. The summed E-state index contributed by atoms with van der Waals surface area (Å²) in [5, 5.41) is 0. The summed E-state index contributed by atoms with van der Waals surface area (Å²) in [5.74, 6) is 0.530. The normalized spacial score (nSPS) is 10.4. The number of nitrogens with two attached hydrogens (primary N) is 1. The SMILES string of the molecule is Cc1cccc(C)c1-n1ccnc1N. The summed E-state index contributed by atoms with van der Waals surface area (Å²) < 4.78 is 1.91. The van der Waals surface area contributed by atoms with Crippen LogP contribution in [0.5, 0.6) is 0 Å². The molecule has 0 aliphatic heterocycles. The van der Waals surface area contributed by atoms with Gasteiger partial charge in [-0.1, -0.05) is 18.2 Å². The Hall–Kier alpha value is -1.77. The van der Waals surface area contributed by atoms with Gasteiger partial charge >= 0.3 is 0 Å². The Balaban J connectivity index is 2.68. The molecule has 3 heteroatoms. The van der Waals surface area contributed by atoms with Crippen LogP contribution in [0.3, 0.4) is 0 Å². The number of aromatic nitrogens is 2. The molecule has 3 nitrogen and oxygen atoms in total. The van der Waals surface area contributed by atoms with Gasteiger partial charge in [-0.15, -0.1) is 0 Å². The molecule has 1 heterocycles. The molecule has 0 spiro atoms. The predicted molar refractivity (Wildman–Crippen MR) is 57.5 cm³/mol. The highest BCUT2D eigenvalue weighted by atomic mass is 15.1. The Morgan fingerprint density at radius 2 is 1.86 bits per heavy atom. The molecular weight excluding hydrogens is 174 g/mol. The van der Waals surface area contributed by atoms with Gasteiger partial charge in [-0.2, -0.15) is 0 Å². The van der Waals surface area contributed by atoms with Crippen LogP contribution in [0.25, 0.3) is 5.69 Å². The Morgan fingerprint density at radius 1 is 1.21 bits per heavy atom. The zero-order valence-electron chi connectivity index (χ0n) is 8.36. The van der Waals surface area contributed by atoms with Crippen LogP contribution < -0.4 is 5.73 Å². The number of nitrogen functional groups attached to an aromatic ring is 1. The average Bonchev–Trinajstić information content (AvgIpc) is 2.52. The fourth-order valence-corrected chi connectivity index (χ4v) is 1.69. The first kappa shape index (κ1) is 8.81. The highest BCUT2D eigenvalue weighted by Gasteiger charge is 2.06. The molecular formula is C11H13N3. The molecule has 0 fully saturated rings. The lowest BCUT2D eigenvalue weighted by molar-refractivity contribution is 1.04. The lowest BCUT2D eigenvalue weighted by Gasteiger charge is -2.11. The first-order valence-electron chi connectivity index (χ1n) is 4.55. The van der Waals surface area contributed by atoms with E-state index in [1.54, 1.807) is 6.20 Å². The maximum atomic E-state index is 5.76. The molecule has 0 aliphatic rings. The van der Waals surface area contributed by atoms with Crippen LogP contribution in [0.1, 0.15) is 11.1 Å². The summed E-state index contributed by atoms with van der Waals surface area (Å²) in [6.07, 6.45) is 3.59. The van der Waals surface area contributed by atoms with E-state index in [4.69, 9.17) is 5.73 Å². The molecule has 0 aliphatic carbocycles. The van der Waals surface area contributed by atoms with Crippen molar-refractivity contribution in [1.29, 1.82) is 0 Å². The molecule has 2 aromatic rings. The van der Waals surface area contributed by atoms with E-state index in [9.17, 15) is 0 Å². The number of aryl methyl sites for hydroxylation is 2. The van der Waals surface area contributed by atoms with Gasteiger partial charge in [0, 0.05) is 12.4 Å². The first-order chi connectivity index (χ1) is 6.70. The van der Waals surface area contributed by atoms with Crippen molar-refractivity contribution in [2.24, 2.45) is 0 Å². The Morgan fingerprint density at radius 3 is 2.36 bits per heavy atom. The van der Waals surface area contributed by atoms with Crippen molar-refractivity contribution >= 4 is 5.95 Å². The number of hydrogen-bond donors (Lipinski definition) is 1. The van der Waals surface area contributed by atoms with Crippen LogP contribution in [0.4, 0.5) is 5.95 Å². The largest absolute Gasteiger partial charge is 0.369 e. The number of rotatable bonds is 1. The van der Waals surface area contributed by atoms with Crippen LogP contribution in [0.2, 0.25) is 0 Å².